The second-order valence-electron chi connectivity index (χ2n) is 7.28. The molecule has 0 fully saturated rings. The number of carbonyl (C=O) groups excluding carboxylic acids is 2. The predicted octanol–water partition coefficient (Wildman–Crippen LogP) is 3.64. The van der Waals surface area contributed by atoms with Crippen LogP contribution in [0.1, 0.15) is 39.0 Å². The number of anilines is 1. The third-order valence-electron chi connectivity index (χ3n) is 4.88. The Kier molecular flexibility index (Phi) is 7.57. The molecule has 33 heavy (non-hydrogen) atoms. The minimum Gasteiger partial charge on any atom is -0.462 e. The topological polar surface area (TPSA) is 106 Å². The van der Waals surface area contributed by atoms with Gasteiger partial charge < -0.3 is 10.1 Å². The predicted molar refractivity (Wildman–Crippen MR) is 124 cm³/mol. The fraction of sp³-hybridized carbons (Fsp3) is 0.208. The first-order chi connectivity index (χ1) is 15.7. The lowest BCUT2D eigenvalue weighted by molar-refractivity contribution is 0.0524. The summed E-state index contributed by atoms with van der Waals surface area (Å²) in [7, 11) is -2.17. The molecule has 0 saturated carbocycles. The van der Waals surface area contributed by atoms with Crippen molar-refractivity contribution in [2.24, 2.45) is 0 Å². The molecule has 1 N–H and O–H groups in total. The average Bonchev–Trinajstić information content (AvgIpc) is 2.80. The zero-order chi connectivity index (χ0) is 24.0. The summed E-state index contributed by atoms with van der Waals surface area (Å²) >= 11 is 0. The van der Waals surface area contributed by atoms with Crippen LogP contribution in [0.25, 0.3) is 0 Å². The number of esters is 1. The fourth-order valence-electron chi connectivity index (χ4n) is 3.12. The van der Waals surface area contributed by atoms with Crippen LogP contribution in [0.2, 0.25) is 0 Å². The van der Waals surface area contributed by atoms with E-state index in [2.05, 4.69) is 10.3 Å². The lowest BCUT2D eigenvalue weighted by Gasteiger charge is -2.17. The largest absolute Gasteiger partial charge is 0.462 e. The van der Waals surface area contributed by atoms with Gasteiger partial charge in [0.05, 0.1) is 22.8 Å². The van der Waals surface area contributed by atoms with Crippen molar-refractivity contribution in [3.63, 3.8) is 0 Å². The summed E-state index contributed by atoms with van der Waals surface area (Å²) in [5.74, 6) is -0.978. The van der Waals surface area contributed by atoms with E-state index in [0.717, 1.165) is 5.56 Å². The average molecular weight is 468 g/mol. The lowest BCUT2D eigenvalue weighted by Crippen LogP contribution is -2.26. The van der Waals surface area contributed by atoms with Gasteiger partial charge in [-0.15, -0.1) is 0 Å². The minimum absolute atomic E-state index is 0.117. The van der Waals surface area contributed by atoms with E-state index in [1.54, 1.807) is 13.8 Å². The van der Waals surface area contributed by atoms with Crippen LogP contribution in [0.3, 0.4) is 0 Å². The number of nitrogens with one attached hydrogen (secondary N) is 1. The smallest absolute Gasteiger partial charge is 0.339 e. The third-order valence-corrected chi connectivity index (χ3v) is 6.70. The number of sulfonamides is 1. The van der Waals surface area contributed by atoms with Crippen molar-refractivity contribution < 1.29 is 22.7 Å². The van der Waals surface area contributed by atoms with Gasteiger partial charge in [0.1, 0.15) is 5.69 Å². The van der Waals surface area contributed by atoms with Gasteiger partial charge in [0, 0.05) is 19.3 Å². The molecule has 0 aliphatic carbocycles. The number of hydrogen-bond acceptors (Lipinski definition) is 6. The number of nitrogens with zero attached hydrogens (tertiary/aromatic N) is 2. The molecule has 1 amide bonds. The van der Waals surface area contributed by atoms with Crippen LogP contribution < -0.4 is 5.32 Å². The number of aromatic nitrogens is 1. The minimum atomic E-state index is -3.69. The maximum absolute atomic E-state index is 12.9. The van der Waals surface area contributed by atoms with Crippen LogP contribution in [0.15, 0.2) is 71.6 Å². The van der Waals surface area contributed by atoms with Gasteiger partial charge in [-0.3, -0.25) is 4.79 Å². The van der Waals surface area contributed by atoms with Crippen molar-refractivity contribution in [1.29, 1.82) is 0 Å². The Balaban J connectivity index is 1.69. The first kappa shape index (κ1) is 24.1. The summed E-state index contributed by atoms with van der Waals surface area (Å²) in [4.78, 5) is 28.7. The molecule has 172 valence electrons. The lowest BCUT2D eigenvalue weighted by atomic mass is 10.2. The Bertz CT molecular complexity index is 1240. The van der Waals surface area contributed by atoms with Gasteiger partial charge in [-0.25, -0.2) is 18.2 Å². The van der Waals surface area contributed by atoms with E-state index in [9.17, 15) is 18.0 Å². The van der Waals surface area contributed by atoms with Gasteiger partial charge in [-0.2, -0.15) is 4.31 Å². The Hall–Kier alpha value is -3.56. The molecular weight excluding hydrogens is 442 g/mol. The van der Waals surface area contributed by atoms with Crippen molar-refractivity contribution in [2.45, 2.75) is 25.3 Å². The van der Waals surface area contributed by atoms with Crippen molar-refractivity contribution in [3.8, 4) is 0 Å². The molecule has 0 aliphatic heterocycles. The van der Waals surface area contributed by atoms with Gasteiger partial charge in [-0.05, 0) is 55.8 Å². The number of rotatable bonds is 8. The maximum Gasteiger partial charge on any atom is 0.339 e. The number of pyridine rings is 1. The SMILES string of the molecule is CCOC(=O)c1ccc(C(=O)Nc2ccc(S(=O)(=O)N(C)Cc3ccccc3)cc2)nc1C. The number of amides is 1. The molecule has 2 aromatic carbocycles. The second kappa shape index (κ2) is 10.4. The Morgan fingerprint density at radius 2 is 1.67 bits per heavy atom. The number of aryl methyl sites for hydroxylation is 1. The van der Waals surface area contributed by atoms with Crippen molar-refractivity contribution in [3.05, 3.63) is 89.2 Å². The van der Waals surface area contributed by atoms with Gasteiger partial charge in [0.2, 0.25) is 10.0 Å². The Morgan fingerprint density at radius 3 is 2.27 bits per heavy atom. The first-order valence-corrected chi connectivity index (χ1v) is 11.7. The molecule has 0 radical (unpaired) electrons. The molecule has 8 nitrogen and oxygen atoms in total. The highest BCUT2D eigenvalue weighted by molar-refractivity contribution is 7.89. The summed E-state index contributed by atoms with van der Waals surface area (Å²) < 4.78 is 31.9. The summed E-state index contributed by atoms with van der Waals surface area (Å²) in [6.07, 6.45) is 0. The van der Waals surface area contributed by atoms with Crippen molar-refractivity contribution in [1.82, 2.24) is 9.29 Å². The van der Waals surface area contributed by atoms with Crippen LogP contribution in [-0.4, -0.2) is 43.2 Å². The number of carbonyl (C=O) groups is 2. The van der Waals surface area contributed by atoms with E-state index in [4.69, 9.17) is 4.74 Å². The molecule has 9 heteroatoms. The van der Waals surface area contributed by atoms with E-state index in [1.807, 2.05) is 30.3 Å². The van der Waals surface area contributed by atoms with Crippen LogP contribution >= 0.6 is 0 Å². The van der Waals surface area contributed by atoms with Crippen molar-refractivity contribution >= 4 is 27.6 Å². The van der Waals surface area contributed by atoms with Gasteiger partial charge in [0.15, 0.2) is 0 Å². The van der Waals surface area contributed by atoms with Gasteiger partial charge in [0.25, 0.3) is 5.91 Å². The molecule has 0 bridgehead atoms. The molecule has 0 aliphatic rings. The fourth-order valence-corrected chi connectivity index (χ4v) is 4.28. The Morgan fingerprint density at radius 1 is 1.00 bits per heavy atom. The van der Waals surface area contributed by atoms with E-state index >= 15 is 0 Å². The maximum atomic E-state index is 12.9. The molecular formula is C24H25N3O5S. The molecule has 1 heterocycles. The number of hydrogen-bond donors (Lipinski definition) is 1. The summed E-state index contributed by atoms with van der Waals surface area (Å²) in [6, 6.07) is 18.1. The quantitative estimate of drug-likeness (QED) is 0.507. The monoisotopic (exact) mass is 467 g/mol. The highest BCUT2D eigenvalue weighted by Gasteiger charge is 2.21. The van der Waals surface area contributed by atoms with Crippen molar-refractivity contribution in [2.75, 3.05) is 19.0 Å². The molecule has 3 aromatic rings. The first-order valence-electron chi connectivity index (χ1n) is 10.3. The molecule has 0 unspecified atom stereocenters. The summed E-state index contributed by atoms with van der Waals surface area (Å²) in [5.41, 5.74) is 2.09. The third kappa shape index (κ3) is 5.82. The van der Waals surface area contributed by atoms with Gasteiger partial charge >= 0.3 is 5.97 Å². The van der Waals surface area contributed by atoms with Crippen LogP contribution in [0, 0.1) is 6.92 Å². The van der Waals surface area contributed by atoms with E-state index in [0.29, 0.717) is 16.9 Å². The molecule has 0 spiro atoms. The van der Waals surface area contributed by atoms with E-state index in [1.165, 1.54) is 47.8 Å². The van der Waals surface area contributed by atoms with Crippen LogP contribution in [0.4, 0.5) is 5.69 Å². The highest BCUT2D eigenvalue weighted by Crippen LogP contribution is 2.20. The Labute approximate surface area is 193 Å². The highest BCUT2D eigenvalue weighted by atomic mass is 32.2. The zero-order valence-electron chi connectivity index (χ0n) is 18.6. The van der Waals surface area contributed by atoms with E-state index in [-0.39, 0.29) is 23.7 Å². The molecule has 0 atom stereocenters. The number of benzene rings is 2. The van der Waals surface area contributed by atoms with Crippen LogP contribution in [-0.2, 0) is 21.3 Å². The second-order valence-corrected chi connectivity index (χ2v) is 9.32. The normalized spacial score (nSPS) is 11.3. The standard InChI is InChI=1S/C24H25N3O5S/c1-4-32-24(29)21-14-15-22(25-17(21)2)23(28)26-19-10-12-20(13-11-19)33(30,31)27(3)16-18-8-6-5-7-9-18/h5-15H,4,16H2,1-3H3,(H,26,28). The molecule has 0 saturated heterocycles. The number of ether oxygens (including phenoxy) is 1. The van der Waals surface area contributed by atoms with Gasteiger partial charge in [-0.1, -0.05) is 30.3 Å². The summed E-state index contributed by atoms with van der Waals surface area (Å²) in [6.45, 7) is 3.82. The van der Waals surface area contributed by atoms with E-state index < -0.39 is 21.9 Å². The zero-order valence-corrected chi connectivity index (χ0v) is 19.4. The summed E-state index contributed by atoms with van der Waals surface area (Å²) in [5, 5.41) is 2.68. The van der Waals surface area contributed by atoms with Crippen LogP contribution in [0.5, 0.6) is 0 Å². The molecule has 1 aromatic heterocycles. The molecule has 3 rings (SSSR count).